The molecule has 0 aromatic carbocycles. The number of nitrogens with two attached hydrogens (primary N) is 1. The van der Waals surface area contributed by atoms with Gasteiger partial charge in [-0.3, -0.25) is 4.68 Å². The van der Waals surface area contributed by atoms with Gasteiger partial charge in [0.15, 0.2) is 0 Å². The average Bonchev–Trinajstić information content (AvgIpc) is 2.96. The number of halogens is 1. The second-order valence-corrected chi connectivity index (χ2v) is 6.09. The number of nitrogens with zero attached hydrogens (tertiary/aromatic N) is 2. The molecule has 0 amide bonds. The minimum absolute atomic E-state index is 0.00713. The normalized spacial score (nSPS) is 12.9. The van der Waals surface area contributed by atoms with Crippen LogP contribution in [0.2, 0.25) is 0 Å². The molecule has 2 aromatic heterocycles. The molecular weight excluding hydrogens is 310 g/mol. The van der Waals surface area contributed by atoms with Crippen LogP contribution in [0, 0.1) is 0 Å². The molecule has 2 heterocycles. The second-order valence-electron chi connectivity index (χ2n) is 4.23. The van der Waals surface area contributed by atoms with E-state index < -0.39 is 0 Å². The van der Waals surface area contributed by atoms with Crippen molar-refractivity contribution in [3.05, 3.63) is 38.3 Å². The number of rotatable bonds is 5. The van der Waals surface area contributed by atoms with Crippen LogP contribution < -0.4 is 5.73 Å². The van der Waals surface area contributed by atoms with Crippen LogP contribution in [0.4, 0.5) is 0 Å². The van der Waals surface area contributed by atoms with Crippen molar-refractivity contribution in [2.45, 2.75) is 39.3 Å². The lowest BCUT2D eigenvalue weighted by Gasteiger charge is -2.12. The fourth-order valence-electron chi connectivity index (χ4n) is 1.99. The van der Waals surface area contributed by atoms with Gasteiger partial charge in [-0.15, -0.1) is 11.3 Å². The molecule has 5 heteroatoms. The van der Waals surface area contributed by atoms with Crippen molar-refractivity contribution in [3.63, 3.8) is 0 Å². The monoisotopic (exact) mass is 327 g/mol. The summed E-state index contributed by atoms with van der Waals surface area (Å²) in [5.41, 5.74) is 8.58. The van der Waals surface area contributed by atoms with Crippen molar-refractivity contribution in [1.82, 2.24) is 9.78 Å². The molecule has 98 valence electrons. The first-order valence-corrected chi connectivity index (χ1v) is 7.87. The largest absolute Gasteiger partial charge is 0.322 e. The van der Waals surface area contributed by atoms with Crippen molar-refractivity contribution >= 4 is 27.3 Å². The van der Waals surface area contributed by atoms with E-state index in [0.29, 0.717) is 0 Å². The van der Waals surface area contributed by atoms with Gasteiger partial charge >= 0.3 is 0 Å². The standard InChI is InChI=1S/C13H18BrN3S/c1-3-9-7-12(17(4-2)16-9)11(15)8-13-10(14)5-6-18-13/h5-7,11H,3-4,8,15H2,1-2H3. The maximum Gasteiger partial charge on any atom is 0.0625 e. The first-order chi connectivity index (χ1) is 8.65. The summed E-state index contributed by atoms with van der Waals surface area (Å²) in [5, 5.41) is 6.63. The van der Waals surface area contributed by atoms with Gasteiger partial charge in [0.1, 0.15) is 0 Å². The Morgan fingerprint density at radius 1 is 1.50 bits per heavy atom. The summed E-state index contributed by atoms with van der Waals surface area (Å²) in [6.45, 7) is 5.09. The third kappa shape index (κ3) is 2.84. The highest BCUT2D eigenvalue weighted by Gasteiger charge is 2.16. The number of aromatic nitrogens is 2. The van der Waals surface area contributed by atoms with Gasteiger partial charge < -0.3 is 5.73 Å². The Labute approximate surface area is 120 Å². The van der Waals surface area contributed by atoms with Gasteiger partial charge in [0.05, 0.1) is 17.4 Å². The lowest BCUT2D eigenvalue weighted by molar-refractivity contribution is 0.566. The van der Waals surface area contributed by atoms with Crippen molar-refractivity contribution in [1.29, 1.82) is 0 Å². The van der Waals surface area contributed by atoms with E-state index in [1.54, 1.807) is 11.3 Å². The molecule has 1 atom stereocenters. The van der Waals surface area contributed by atoms with Gasteiger partial charge in [-0.25, -0.2) is 0 Å². The first kappa shape index (κ1) is 13.8. The Morgan fingerprint density at radius 3 is 2.83 bits per heavy atom. The molecule has 0 saturated carbocycles. The molecule has 0 aliphatic rings. The zero-order valence-electron chi connectivity index (χ0n) is 10.7. The van der Waals surface area contributed by atoms with E-state index in [9.17, 15) is 0 Å². The van der Waals surface area contributed by atoms with E-state index in [2.05, 4.69) is 52.4 Å². The van der Waals surface area contributed by atoms with Crippen LogP contribution >= 0.6 is 27.3 Å². The zero-order valence-corrected chi connectivity index (χ0v) is 13.1. The number of thiophene rings is 1. The molecule has 3 nitrogen and oxygen atoms in total. The van der Waals surface area contributed by atoms with Crippen LogP contribution in [0.25, 0.3) is 0 Å². The van der Waals surface area contributed by atoms with Gasteiger partial charge in [0.25, 0.3) is 0 Å². The molecule has 0 saturated heterocycles. The predicted molar refractivity (Wildman–Crippen MR) is 79.9 cm³/mol. The smallest absolute Gasteiger partial charge is 0.0625 e. The SMILES string of the molecule is CCc1cc(C(N)Cc2sccc2Br)n(CC)n1. The Balaban J connectivity index is 2.20. The van der Waals surface area contributed by atoms with E-state index >= 15 is 0 Å². The van der Waals surface area contributed by atoms with Gasteiger partial charge in [0.2, 0.25) is 0 Å². The zero-order chi connectivity index (χ0) is 13.1. The molecule has 0 radical (unpaired) electrons. The highest BCUT2D eigenvalue weighted by Crippen LogP contribution is 2.27. The van der Waals surface area contributed by atoms with E-state index in [1.807, 2.05) is 4.68 Å². The summed E-state index contributed by atoms with van der Waals surface area (Å²) in [7, 11) is 0. The van der Waals surface area contributed by atoms with Gasteiger partial charge in [0, 0.05) is 22.3 Å². The number of hydrogen-bond donors (Lipinski definition) is 1. The molecule has 0 aliphatic heterocycles. The van der Waals surface area contributed by atoms with Gasteiger partial charge in [-0.05, 0) is 46.8 Å². The maximum absolute atomic E-state index is 6.32. The van der Waals surface area contributed by atoms with Gasteiger partial charge in [-0.1, -0.05) is 6.92 Å². The maximum atomic E-state index is 6.32. The molecule has 2 aromatic rings. The number of hydrogen-bond acceptors (Lipinski definition) is 3. The first-order valence-electron chi connectivity index (χ1n) is 6.19. The van der Waals surface area contributed by atoms with Crippen LogP contribution in [0.3, 0.4) is 0 Å². The Kier molecular flexibility index (Phi) is 4.59. The fourth-order valence-corrected chi connectivity index (χ4v) is 3.56. The third-order valence-corrected chi connectivity index (χ3v) is 4.95. The molecule has 2 N–H and O–H groups in total. The average molecular weight is 328 g/mol. The quantitative estimate of drug-likeness (QED) is 0.912. The molecule has 1 unspecified atom stereocenters. The highest BCUT2D eigenvalue weighted by molar-refractivity contribution is 9.10. The van der Waals surface area contributed by atoms with Crippen LogP contribution in [0.1, 0.15) is 36.2 Å². The minimum atomic E-state index is 0.00713. The predicted octanol–water partition coefficient (Wildman–Crippen LogP) is 3.53. The second kappa shape index (κ2) is 5.99. The number of aryl methyl sites for hydroxylation is 2. The van der Waals surface area contributed by atoms with Gasteiger partial charge in [-0.2, -0.15) is 5.10 Å². The summed E-state index contributed by atoms with van der Waals surface area (Å²) in [6, 6.07) is 4.21. The summed E-state index contributed by atoms with van der Waals surface area (Å²) in [6.07, 6.45) is 1.81. The summed E-state index contributed by atoms with van der Waals surface area (Å²) >= 11 is 5.30. The van der Waals surface area contributed by atoms with Crippen molar-refractivity contribution < 1.29 is 0 Å². The van der Waals surface area contributed by atoms with E-state index in [4.69, 9.17) is 5.73 Å². The molecule has 18 heavy (non-hydrogen) atoms. The molecular formula is C13H18BrN3S. The topological polar surface area (TPSA) is 43.8 Å². The minimum Gasteiger partial charge on any atom is -0.322 e. The summed E-state index contributed by atoms with van der Waals surface area (Å²) < 4.78 is 3.17. The summed E-state index contributed by atoms with van der Waals surface area (Å²) in [5.74, 6) is 0. The lowest BCUT2D eigenvalue weighted by Crippen LogP contribution is -2.17. The Hall–Kier alpha value is -0.650. The molecule has 0 aliphatic carbocycles. The summed E-state index contributed by atoms with van der Waals surface area (Å²) in [4.78, 5) is 1.30. The Bertz CT molecular complexity index is 518. The molecule has 2 rings (SSSR count). The third-order valence-electron chi connectivity index (χ3n) is 3.00. The van der Waals surface area contributed by atoms with E-state index in [0.717, 1.165) is 35.2 Å². The van der Waals surface area contributed by atoms with Crippen LogP contribution in [0.15, 0.2) is 22.0 Å². The van der Waals surface area contributed by atoms with E-state index in [1.165, 1.54) is 4.88 Å². The van der Waals surface area contributed by atoms with Crippen LogP contribution in [-0.4, -0.2) is 9.78 Å². The molecule has 0 spiro atoms. The van der Waals surface area contributed by atoms with E-state index in [-0.39, 0.29) is 6.04 Å². The Morgan fingerprint density at radius 2 is 2.28 bits per heavy atom. The van der Waals surface area contributed by atoms with Crippen molar-refractivity contribution in [3.8, 4) is 0 Å². The van der Waals surface area contributed by atoms with Crippen molar-refractivity contribution in [2.24, 2.45) is 5.73 Å². The molecule has 0 fully saturated rings. The fraction of sp³-hybridized carbons (Fsp3) is 0.462. The lowest BCUT2D eigenvalue weighted by atomic mass is 10.1. The van der Waals surface area contributed by atoms with Crippen LogP contribution in [0.5, 0.6) is 0 Å². The highest BCUT2D eigenvalue weighted by atomic mass is 79.9. The van der Waals surface area contributed by atoms with Crippen molar-refractivity contribution in [2.75, 3.05) is 0 Å². The van der Waals surface area contributed by atoms with Crippen LogP contribution in [-0.2, 0) is 19.4 Å². The molecule has 0 bridgehead atoms.